The van der Waals surface area contributed by atoms with Crippen molar-refractivity contribution in [1.82, 2.24) is 10.3 Å². The van der Waals surface area contributed by atoms with Crippen LogP contribution >= 0.6 is 0 Å². The lowest BCUT2D eigenvalue weighted by Gasteiger charge is -2.32. The van der Waals surface area contributed by atoms with Gasteiger partial charge in [0.05, 0.1) is 0 Å². The zero-order chi connectivity index (χ0) is 14.1. The highest BCUT2D eigenvalue weighted by molar-refractivity contribution is 5.40. The second-order valence-electron chi connectivity index (χ2n) is 5.10. The van der Waals surface area contributed by atoms with Crippen molar-refractivity contribution in [2.24, 2.45) is 0 Å². The zero-order valence-corrected chi connectivity index (χ0v) is 11.6. The Bertz CT molecular complexity index is 630. The van der Waals surface area contributed by atoms with Gasteiger partial charge in [-0.05, 0) is 43.8 Å². The maximum atomic E-state index is 13.4. The van der Waals surface area contributed by atoms with Gasteiger partial charge in [0.1, 0.15) is 17.7 Å². The Hall–Kier alpha value is -1.94. The molecule has 20 heavy (non-hydrogen) atoms. The molecule has 4 heteroatoms. The van der Waals surface area contributed by atoms with E-state index in [2.05, 4.69) is 17.2 Å². The summed E-state index contributed by atoms with van der Waals surface area (Å²) in [6.45, 7) is 2.05. The van der Waals surface area contributed by atoms with E-state index in [4.69, 9.17) is 4.74 Å². The van der Waals surface area contributed by atoms with Crippen LogP contribution in [-0.4, -0.2) is 12.0 Å². The molecule has 0 radical (unpaired) electrons. The van der Waals surface area contributed by atoms with Crippen LogP contribution in [0.4, 0.5) is 4.39 Å². The van der Waals surface area contributed by atoms with E-state index in [1.54, 1.807) is 18.3 Å². The highest BCUT2D eigenvalue weighted by Gasteiger charge is 2.29. The van der Waals surface area contributed by atoms with Gasteiger partial charge in [0.25, 0.3) is 0 Å². The molecule has 2 unspecified atom stereocenters. The molecule has 3 rings (SSSR count). The molecule has 1 N–H and O–H groups in total. The number of pyridine rings is 1. The first-order valence-corrected chi connectivity index (χ1v) is 6.73. The van der Waals surface area contributed by atoms with Gasteiger partial charge in [-0.25, -0.2) is 4.39 Å². The molecule has 0 aliphatic carbocycles. The molecule has 0 spiro atoms. The van der Waals surface area contributed by atoms with Crippen molar-refractivity contribution in [3.63, 3.8) is 0 Å². The number of nitrogens with one attached hydrogen (secondary N) is 1. The summed E-state index contributed by atoms with van der Waals surface area (Å²) in [5, 5.41) is 3.24. The van der Waals surface area contributed by atoms with Gasteiger partial charge in [0.2, 0.25) is 0 Å². The standard InChI is InChI=1S/C16H17FN2O/c1-10-5-6-19-9-13(10)16-8-14(18-2)12-7-11(17)3-4-15(12)20-16/h3-7,9,14,16,18H,8H2,1-2H3. The summed E-state index contributed by atoms with van der Waals surface area (Å²) in [5.74, 6) is 0.508. The van der Waals surface area contributed by atoms with Crippen molar-refractivity contribution in [3.8, 4) is 5.75 Å². The molecule has 1 aliphatic heterocycles. The van der Waals surface area contributed by atoms with E-state index in [-0.39, 0.29) is 18.0 Å². The van der Waals surface area contributed by atoms with Crippen LogP contribution in [0, 0.1) is 12.7 Å². The first kappa shape index (κ1) is 13.1. The summed E-state index contributed by atoms with van der Waals surface area (Å²) in [6.07, 6.45) is 4.33. The summed E-state index contributed by atoms with van der Waals surface area (Å²) in [4.78, 5) is 4.18. The average Bonchev–Trinajstić information content (AvgIpc) is 2.46. The lowest BCUT2D eigenvalue weighted by molar-refractivity contribution is 0.152. The van der Waals surface area contributed by atoms with Crippen LogP contribution in [0.2, 0.25) is 0 Å². The van der Waals surface area contributed by atoms with Crippen molar-refractivity contribution in [3.05, 3.63) is 59.2 Å². The summed E-state index contributed by atoms with van der Waals surface area (Å²) in [7, 11) is 1.89. The van der Waals surface area contributed by atoms with Crippen molar-refractivity contribution < 1.29 is 9.13 Å². The lowest BCUT2D eigenvalue weighted by atomic mass is 9.92. The van der Waals surface area contributed by atoms with Gasteiger partial charge < -0.3 is 10.1 Å². The van der Waals surface area contributed by atoms with E-state index < -0.39 is 0 Å². The number of aromatic nitrogens is 1. The van der Waals surface area contributed by atoms with Crippen LogP contribution < -0.4 is 10.1 Å². The lowest BCUT2D eigenvalue weighted by Crippen LogP contribution is -2.27. The third-order valence-electron chi connectivity index (χ3n) is 3.84. The van der Waals surface area contributed by atoms with Gasteiger partial charge in [-0.1, -0.05) is 0 Å². The second-order valence-corrected chi connectivity index (χ2v) is 5.10. The number of fused-ring (bicyclic) bond motifs is 1. The maximum Gasteiger partial charge on any atom is 0.127 e. The van der Waals surface area contributed by atoms with E-state index in [0.717, 1.165) is 28.9 Å². The van der Waals surface area contributed by atoms with Crippen molar-refractivity contribution >= 4 is 0 Å². The topological polar surface area (TPSA) is 34.2 Å². The summed E-state index contributed by atoms with van der Waals surface area (Å²) in [6, 6.07) is 6.74. The van der Waals surface area contributed by atoms with E-state index >= 15 is 0 Å². The van der Waals surface area contributed by atoms with Gasteiger partial charge in [-0.15, -0.1) is 0 Å². The molecular weight excluding hydrogens is 255 g/mol. The average molecular weight is 272 g/mol. The van der Waals surface area contributed by atoms with Crippen LogP contribution in [0.25, 0.3) is 0 Å². The van der Waals surface area contributed by atoms with Crippen LogP contribution in [0.15, 0.2) is 36.7 Å². The molecule has 1 aromatic carbocycles. The van der Waals surface area contributed by atoms with E-state index in [9.17, 15) is 4.39 Å². The molecule has 1 aromatic heterocycles. The molecular formula is C16H17FN2O. The summed E-state index contributed by atoms with van der Waals surface area (Å²) in [5.41, 5.74) is 3.12. The fourth-order valence-corrected chi connectivity index (χ4v) is 2.72. The summed E-state index contributed by atoms with van der Waals surface area (Å²) >= 11 is 0. The Balaban J connectivity index is 1.99. The number of nitrogens with zero attached hydrogens (tertiary/aromatic N) is 1. The number of ether oxygens (including phenoxy) is 1. The van der Waals surface area contributed by atoms with Crippen LogP contribution in [0.5, 0.6) is 5.75 Å². The Morgan fingerprint density at radius 3 is 2.90 bits per heavy atom. The second kappa shape index (κ2) is 5.21. The molecule has 2 aromatic rings. The minimum absolute atomic E-state index is 0.0564. The van der Waals surface area contributed by atoms with Crippen LogP contribution in [0.3, 0.4) is 0 Å². The van der Waals surface area contributed by atoms with Gasteiger partial charge >= 0.3 is 0 Å². The van der Waals surface area contributed by atoms with Crippen molar-refractivity contribution in [2.45, 2.75) is 25.5 Å². The first-order chi connectivity index (χ1) is 9.69. The highest BCUT2D eigenvalue weighted by Crippen LogP contribution is 2.41. The van der Waals surface area contributed by atoms with Crippen molar-refractivity contribution in [1.29, 1.82) is 0 Å². The van der Waals surface area contributed by atoms with E-state index in [0.29, 0.717) is 0 Å². The SMILES string of the molecule is CNC1CC(c2cnccc2C)Oc2ccc(F)cc21. The normalized spacial score (nSPS) is 21.1. The monoisotopic (exact) mass is 272 g/mol. The van der Waals surface area contributed by atoms with Gasteiger partial charge in [-0.2, -0.15) is 0 Å². The Kier molecular flexibility index (Phi) is 3.40. The highest BCUT2D eigenvalue weighted by atomic mass is 19.1. The number of hydrogen-bond acceptors (Lipinski definition) is 3. The maximum absolute atomic E-state index is 13.4. The molecule has 1 aliphatic rings. The Morgan fingerprint density at radius 2 is 2.15 bits per heavy atom. The van der Waals surface area contributed by atoms with Crippen LogP contribution in [0.1, 0.15) is 35.3 Å². The third kappa shape index (κ3) is 2.27. The third-order valence-corrected chi connectivity index (χ3v) is 3.84. The number of hydrogen-bond donors (Lipinski definition) is 1. The molecule has 0 bridgehead atoms. The Morgan fingerprint density at radius 1 is 1.30 bits per heavy atom. The zero-order valence-electron chi connectivity index (χ0n) is 11.6. The molecule has 0 saturated carbocycles. The summed E-state index contributed by atoms with van der Waals surface area (Å²) < 4.78 is 19.4. The molecule has 104 valence electrons. The molecule has 3 nitrogen and oxygen atoms in total. The fraction of sp³-hybridized carbons (Fsp3) is 0.312. The smallest absolute Gasteiger partial charge is 0.127 e. The van der Waals surface area contributed by atoms with Gasteiger partial charge in [0, 0.05) is 36.0 Å². The van der Waals surface area contributed by atoms with Gasteiger partial charge in [0.15, 0.2) is 0 Å². The molecule has 2 heterocycles. The minimum Gasteiger partial charge on any atom is -0.485 e. The van der Waals surface area contributed by atoms with Crippen LogP contribution in [-0.2, 0) is 0 Å². The number of rotatable bonds is 2. The largest absolute Gasteiger partial charge is 0.485 e. The number of aryl methyl sites for hydroxylation is 1. The molecule has 2 atom stereocenters. The number of benzene rings is 1. The quantitative estimate of drug-likeness (QED) is 0.910. The van der Waals surface area contributed by atoms with E-state index in [1.165, 1.54) is 6.07 Å². The molecule has 0 amide bonds. The van der Waals surface area contributed by atoms with Crippen molar-refractivity contribution in [2.75, 3.05) is 7.05 Å². The molecule has 0 saturated heterocycles. The predicted octanol–water partition coefficient (Wildman–Crippen LogP) is 3.31. The first-order valence-electron chi connectivity index (χ1n) is 6.73. The molecule has 0 fully saturated rings. The predicted molar refractivity (Wildman–Crippen MR) is 75.2 cm³/mol. The minimum atomic E-state index is -0.233. The fourth-order valence-electron chi connectivity index (χ4n) is 2.72. The van der Waals surface area contributed by atoms with Gasteiger partial charge in [-0.3, -0.25) is 4.98 Å². The number of halogens is 1. The Labute approximate surface area is 117 Å². The van der Waals surface area contributed by atoms with E-state index in [1.807, 2.05) is 19.3 Å².